The first-order valence-electron chi connectivity index (χ1n) is 9.53. The van der Waals surface area contributed by atoms with Gasteiger partial charge in [0.1, 0.15) is 16.9 Å². The Labute approximate surface area is 165 Å². The molecule has 0 radical (unpaired) electrons. The number of aromatic nitrogens is 2. The number of ether oxygens (including phenoxy) is 1. The lowest BCUT2D eigenvalue weighted by molar-refractivity contribution is 0.0673. The van der Waals surface area contributed by atoms with E-state index in [1.165, 1.54) is 4.88 Å². The Morgan fingerprint density at radius 2 is 2.14 bits per heavy atom. The number of para-hydroxylation sites is 1. The summed E-state index contributed by atoms with van der Waals surface area (Å²) in [6, 6.07) is 11.8. The van der Waals surface area contributed by atoms with E-state index in [9.17, 15) is 4.79 Å². The average molecular weight is 395 g/mol. The van der Waals surface area contributed by atoms with Crippen LogP contribution in [0.25, 0.3) is 22.1 Å². The van der Waals surface area contributed by atoms with Crippen molar-refractivity contribution >= 4 is 33.4 Å². The van der Waals surface area contributed by atoms with Gasteiger partial charge < -0.3 is 14.1 Å². The highest BCUT2D eigenvalue weighted by Gasteiger charge is 2.21. The number of thiophene rings is 1. The molecule has 5 rings (SSSR count). The zero-order valence-electron chi connectivity index (χ0n) is 15.4. The Morgan fingerprint density at radius 3 is 2.96 bits per heavy atom. The van der Waals surface area contributed by atoms with Crippen molar-refractivity contribution in [3.8, 4) is 0 Å². The quantitative estimate of drug-likeness (QED) is 0.536. The predicted molar refractivity (Wildman–Crippen MR) is 110 cm³/mol. The van der Waals surface area contributed by atoms with Crippen LogP contribution in [0.4, 0.5) is 0 Å². The van der Waals surface area contributed by atoms with Gasteiger partial charge in [0.2, 0.25) is 5.58 Å². The van der Waals surface area contributed by atoms with Gasteiger partial charge in [-0.1, -0.05) is 18.2 Å². The van der Waals surface area contributed by atoms with E-state index in [-0.39, 0.29) is 17.2 Å². The first kappa shape index (κ1) is 17.6. The summed E-state index contributed by atoms with van der Waals surface area (Å²) in [6.45, 7) is 3.03. The fourth-order valence-electron chi connectivity index (χ4n) is 3.82. The lowest BCUT2D eigenvalue weighted by atomic mass is 10.2. The number of benzene rings is 1. The van der Waals surface area contributed by atoms with Crippen LogP contribution in [0, 0.1) is 0 Å². The number of hydrogen-bond acceptors (Lipinski definition) is 6. The third-order valence-corrected chi connectivity index (χ3v) is 5.96. The monoisotopic (exact) mass is 395 g/mol. The number of fused-ring (bicyclic) bond motifs is 3. The third-order valence-electron chi connectivity index (χ3n) is 5.10. The number of rotatable bonds is 6. The first-order valence-corrected chi connectivity index (χ1v) is 10.4. The number of nitrogens with one attached hydrogen (secondary N) is 1. The Hall–Kier alpha value is -2.48. The summed E-state index contributed by atoms with van der Waals surface area (Å²) in [4.78, 5) is 23.8. The number of aromatic amines is 1. The maximum absolute atomic E-state index is 12.6. The molecule has 0 amide bonds. The fourth-order valence-corrected chi connectivity index (χ4v) is 4.56. The van der Waals surface area contributed by atoms with Gasteiger partial charge >= 0.3 is 0 Å². The van der Waals surface area contributed by atoms with E-state index < -0.39 is 0 Å². The minimum atomic E-state index is -0.232. The maximum atomic E-state index is 12.6. The van der Waals surface area contributed by atoms with Crippen molar-refractivity contribution in [3.63, 3.8) is 0 Å². The molecule has 28 heavy (non-hydrogen) atoms. The van der Waals surface area contributed by atoms with Crippen LogP contribution in [0.15, 0.2) is 51.0 Å². The van der Waals surface area contributed by atoms with Gasteiger partial charge in [-0.15, -0.1) is 11.3 Å². The van der Waals surface area contributed by atoms with Crippen molar-refractivity contribution in [3.05, 3.63) is 62.8 Å². The molecule has 4 heterocycles. The molecule has 1 fully saturated rings. The van der Waals surface area contributed by atoms with E-state index in [1.807, 2.05) is 24.3 Å². The van der Waals surface area contributed by atoms with Crippen LogP contribution in [0.2, 0.25) is 0 Å². The van der Waals surface area contributed by atoms with E-state index in [0.717, 1.165) is 37.9 Å². The highest BCUT2D eigenvalue weighted by atomic mass is 32.1. The standard InChI is InChI=1S/C21H21N3O3S/c25-21-20-19(16-7-1-2-8-17(16)27-20)22-18(23-21)13-24(11-14-5-3-9-26-14)12-15-6-4-10-28-15/h1-2,4,6-8,10,14H,3,5,9,11-13H2,(H,22,23,25). The van der Waals surface area contributed by atoms with Gasteiger partial charge in [0.05, 0.1) is 12.6 Å². The Bertz CT molecular complexity index is 1140. The summed E-state index contributed by atoms with van der Waals surface area (Å²) >= 11 is 1.74. The molecule has 0 aliphatic carbocycles. The summed E-state index contributed by atoms with van der Waals surface area (Å²) in [5.74, 6) is 0.651. The minimum absolute atomic E-state index is 0.232. The second kappa shape index (κ2) is 7.50. The average Bonchev–Trinajstić information content (AvgIpc) is 3.43. The van der Waals surface area contributed by atoms with Crippen LogP contribution in [0.5, 0.6) is 0 Å². The molecule has 1 saturated heterocycles. The molecule has 3 aromatic heterocycles. The summed E-state index contributed by atoms with van der Waals surface area (Å²) in [7, 11) is 0. The molecule has 4 aromatic rings. The minimum Gasteiger partial charge on any atom is -0.449 e. The summed E-state index contributed by atoms with van der Waals surface area (Å²) in [5, 5.41) is 2.96. The lowest BCUT2D eigenvalue weighted by Gasteiger charge is -2.24. The van der Waals surface area contributed by atoms with E-state index >= 15 is 0 Å². The van der Waals surface area contributed by atoms with Crippen molar-refractivity contribution in [2.75, 3.05) is 13.2 Å². The van der Waals surface area contributed by atoms with Crippen LogP contribution in [-0.4, -0.2) is 34.1 Å². The topological polar surface area (TPSA) is 71.4 Å². The Morgan fingerprint density at radius 1 is 1.21 bits per heavy atom. The SMILES string of the molecule is O=c1[nH]c(CN(Cc2cccs2)CC2CCCO2)nc2c1oc1ccccc12. The predicted octanol–water partition coefficient (Wildman–Crippen LogP) is 3.91. The highest BCUT2D eigenvalue weighted by molar-refractivity contribution is 7.09. The van der Waals surface area contributed by atoms with E-state index in [4.69, 9.17) is 14.1 Å². The van der Waals surface area contributed by atoms with E-state index in [1.54, 1.807) is 11.3 Å². The van der Waals surface area contributed by atoms with Crippen molar-refractivity contribution < 1.29 is 9.15 Å². The van der Waals surface area contributed by atoms with Gasteiger partial charge in [-0.2, -0.15) is 0 Å². The molecule has 1 aliphatic heterocycles. The summed E-state index contributed by atoms with van der Waals surface area (Å²) in [5.41, 5.74) is 1.36. The smallest absolute Gasteiger partial charge is 0.294 e. The van der Waals surface area contributed by atoms with Gasteiger partial charge in [0.15, 0.2) is 0 Å². The van der Waals surface area contributed by atoms with E-state index in [2.05, 4.69) is 27.4 Å². The van der Waals surface area contributed by atoms with Crippen LogP contribution >= 0.6 is 11.3 Å². The normalized spacial score (nSPS) is 17.2. The molecule has 7 heteroatoms. The number of furan rings is 1. The molecule has 1 N–H and O–H groups in total. The van der Waals surface area contributed by atoms with Gasteiger partial charge in [-0.25, -0.2) is 4.98 Å². The highest BCUT2D eigenvalue weighted by Crippen LogP contribution is 2.25. The molecule has 1 aromatic carbocycles. The van der Waals surface area contributed by atoms with E-state index in [0.29, 0.717) is 23.5 Å². The van der Waals surface area contributed by atoms with Crippen molar-refractivity contribution in [1.29, 1.82) is 0 Å². The molecule has 0 spiro atoms. The summed E-state index contributed by atoms with van der Waals surface area (Å²) < 4.78 is 11.5. The van der Waals surface area contributed by atoms with Gasteiger partial charge in [0, 0.05) is 30.0 Å². The fraction of sp³-hybridized carbons (Fsp3) is 0.333. The van der Waals surface area contributed by atoms with Crippen molar-refractivity contribution in [1.82, 2.24) is 14.9 Å². The van der Waals surface area contributed by atoms with Gasteiger partial charge in [0.25, 0.3) is 5.56 Å². The molecule has 1 unspecified atom stereocenters. The molecule has 144 valence electrons. The first-order chi connectivity index (χ1) is 13.8. The van der Waals surface area contributed by atoms with Crippen molar-refractivity contribution in [2.24, 2.45) is 0 Å². The third kappa shape index (κ3) is 3.48. The van der Waals surface area contributed by atoms with Crippen LogP contribution in [0.1, 0.15) is 23.5 Å². The van der Waals surface area contributed by atoms with Crippen LogP contribution in [0.3, 0.4) is 0 Å². The molecular weight excluding hydrogens is 374 g/mol. The second-order valence-corrected chi connectivity index (χ2v) is 8.20. The lowest BCUT2D eigenvalue weighted by Crippen LogP contribution is -2.32. The van der Waals surface area contributed by atoms with Gasteiger partial charge in [-0.05, 0) is 36.4 Å². The molecule has 6 nitrogen and oxygen atoms in total. The zero-order valence-corrected chi connectivity index (χ0v) is 16.2. The number of H-pyrrole nitrogens is 1. The molecule has 1 atom stereocenters. The summed E-state index contributed by atoms with van der Waals surface area (Å²) in [6.07, 6.45) is 2.43. The zero-order chi connectivity index (χ0) is 18.9. The molecule has 0 bridgehead atoms. The van der Waals surface area contributed by atoms with Crippen LogP contribution in [-0.2, 0) is 17.8 Å². The number of nitrogens with zero attached hydrogens (tertiary/aromatic N) is 2. The second-order valence-electron chi connectivity index (χ2n) is 7.17. The number of hydrogen-bond donors (Lipinski definition) is 1. The molecular formula is C21H21N3O3S. The van der Waals surface area contributed by atoms with Crippen LogP contribution < -0.4 is 5.56 Å². The maximum Gasteiger partial charge on any atom is 0.294 e. The Balaban J connectivity index is 1.47. The van der Waals surface area contributed by atoms with Gasteiger partial charge in [-0.3, -0.25) is 9.69 Å². The largest absolute Gasteiger partial charge is 0.449 e. The molecule has 0 saturated carbocycles. The van der Waals surface area contributed by atoms with Crippen molar-refractivity contribution in [2.45, 2.75) is 32.0 Å². The molecule has 1 aliphatic rings. The Kier molecular flexibility index (Phi) is 4.72.